The minimum absolute atomic E-state index is 0.0471. The third kappa shape index (κ3) is 4.66. The van der Waals surface area contributed by atoms with Crippen molar-refractivity contribution in [3.63, 3.8) is 0 Å². The molecule has 1 aromatic heterocycles. The van der Waals surface area contributed by atoms with E-state index < -0.39 is 0 Å². The fourth-order valence-electron chi connectivity index (χ4n) is 3.10. The number of nitrogens with zero attached hydrogens (tertiary/aromatic N) is 2. The summed E-state index contributed by atoms with van der Waals surface area (Å²) in [5.41, 5.74) is 1.49. The Balaban J connectivity index is 1.43. The molecule has 0 atom stereocenters. The minimum Gasteiger partial charge on any atom is -0.355 e. The molecule has 0 saturated carbocycles. The van der Waals surface area contributed by atoms with Crippen molar-refractivity contribution in [1.29, 1.82) is 0 Å². The second-order valence-corrected chi connectivity index (χ2v) is 7.53. The van der Waals surface area contributed by atoms with Gasteiger partial charge in [0, 0.05) is 42.9 Å². The molecule has 138 valence electrons. The summed E-state index contributed by atoms with van der Waals surface area (Å²) in [5.74, 6) is -0.484. The van der Waals surface area contributed by atoms with Gasteiger partial charge < -0.3 is 10.2 Å². The zero-order valence-corrected chi connectivity index (χ0v) is 15.5. The number of piperidine rings is 1. The van der Waals surface area contributed by atoms with Crippen LogP contribution in [0.4, 0.5) is 4.39 Å². The fraction of sp³-hybridized carbons (Fsp3) is 0.421. The van der Waals surface area contributed by atoms with Gasteiger partial charge in [0.1, 0.15) is 5.82 Å². The van der Waals surface area contributed by atoms with Crippen molar-refractivity contribution in [2.75, 3.05) is 19.6 Å². The Hall–Kier alpha value is -2.28. The van der Waals surface area contributed by atoms with Gasteiger partial charge >= 0.3 is 0 Å². The summed E-state index contributed by atoms with van der Waals surface area (Å²) in [6.07, 6.45) is 2.03. The molecular weight excluding hydrogens is 353 g/mol. The zero-order valence-electron chi connectivity index (χ0n) is 14.7. The molecule has 7 heteroatoms. The summed E-state index contributed by atoms with van der Waals surface area (Å²) < 4.78 is 13.0. The van der Waals surface area contributed by atoms with Gasteiger partial charge in [-0.2, -0.15) is 0 Å². The number of rotatable bonds is 5. The van der Waals surface area contributed by atoms with Gasteiger partial charge in [-0.3, -0.25) is 9.59 Å². The maximum absolute atomic E-state index is 13.0. The second-order valence-electron chi connectivity index (χ2n) is 6.47. The summed E-state index contributed by atoms with van der Waals surface area (Å²) in [5, 5.41) is 6.02. The number of carbonyl (C=O) groups excluding carboxylic acids is 2. The number of thiazole rings is 1. The molecule has 0 unspecified atom stereocenters. The number of hydrogen-bond acceptors (Lipinski definition) is 4. The number of aryl methyl sites for hydroxylation is 1. The van der Waals surface area contributed by atoms with Gasteiger partial charge in [-0.15, -0.1) is 11.3 Å². The predicted molar refractivity (Wildman–Crippen MR) is 98.6 cm³/mol. The smallest absolute Gasteiger partial charge is 0.253 e. The quantitative estimate of drug-likeness (QED) is 0.874. The largest absolute Gasteiger partial charge is 0.355 e. The van der Waals surface area contributed by atoms with E-state index in [2.05, 4.69) is 10.3 Å². The van der Waals surface area contributed by atoms with Crippen LogP contribution in [-0.4, -0.2) is 41.3 Å². The van der Waals surface area contributed by atoms with Crippen molar-refractivity contribution in [2.45, 2.75) is 26.2 Å². The first kappa shape index (κ1) is 18.5. The third-order valence-corrected chi connectivity index (χ3v) is 5.41. The number of aromatic nitrogens is 1. The third-order valence-electron chi connectivity index (χ3n) is 4.59. The number of likely N-dealkylation sites (tertiary alicyclic amines) is 1. The number of hydrogen-bond donors (Lipinski definition) is 1. The van der Waals surface area contributed by atoms with Crippen molar-refractivity contribution in [1.82, 2.24) is 15.2 Å². The normalized spacial score (nSPS) is 15.1. The Morgan fingerprint density at radius 2 is 1.96 bits per heavy atom. The highest BCUT2D eigenvalue weighted by Gasteiger charge is 2.27. The highest BCUT2D eigenvalue weighted by molar-refractivity contribution is 7.09. The summed E-state index contributed by atoms with van der Waals surface area (Å²) in [6, 6.07) is 5.57. The maximum atomic E-state index is 13.0. The van der Waals surface area contributed by atoms with E-state index in [1.54, 1.807) is 16.2 Å². The molecule has 1 aromatic carbocycles. The summed E-state index contributed by atoms with van der Waals surface area (Å²) in [4.78, 5) is 30.8. The maximum Gasteiger partial charge on any atom is 0.253 e. The van der Waals surface area contributed by atoms with E-state index in [1.807, 2.05) is 12.3 Å². The standard InChI is InChI=1S/C19H22FN3O2S/c1-13-22-17(12-26-13)6-9-21-18(24)14-7-10-23(11-8-14)19(25)15-2-4-16(20)5-3-15/h2-5,12,14H,6-11H2,1H3,(H,21,24). The topological polar surface area (TPSA) is 62.3 Å². The van der Waals surface area contributed by atoms with E-state index in [1.165, 1.54) is 24.3 Å². The van der Waals surface area contributed by atoms with Crippen LogP contribution in [0.5, 0.6) is 0 Å². The van der Waals surface area contributed by atoms with E-state index in [4.69, 9.17) is 0 Å². The monoisotopic (exact) mass is 375 g/mol. The molecule has 1 aliphatic rings. The Morgan fingerprint density at radius 3 is 2.58 bits per heavy atom. The number of benzene rings is 1. The molecule has 0 bridgehead atoms. The first-order chi connectivity index (χ1) is 12.5. The van der Waals surface area contributed by atoms with E-state index >= 15 is 0 Å². The summed E-state index contributed by atoms with van der Waals surface area (Å²) >= 11 is 1.61. The SMILES string of the molecule is Cc1nc(CCNC(=O)C2CCN(C(=O)c3ccc(F)cc3)CC2)cs1. The Labute approximate surface area is 156 Å². The van der Waals surface area contributed by atoms with Crippen molar-refractivity contribution in [3.8, 4) is 0 Å². The molecule has 1 saturated heterocycles. The van der Waals surface area contributed by atoms with Crippen molar-refractivity contribution in [3.05, 3.63) is 51.7 Å². The average Bonchev–Trinajstić information content (AvgIpc) is 3.07. The molecule has 2 aromatic rings. The lowest BCUT2D eigenvalue weighted by Gasteiger charge is -2.31. The highest BCUT2D eigenvalue weighted by Crippen LogP contribution is 2.19. The molecule has 5 nitrogen and oxygen atoms in total. The van der Waals surface area contributed by atoms with Gasteiger partial charge in [0.2, 0.25) is 5.91 Å². The molecule has 0 spiro atoms. The first-order valence-electron chi connectivity index (χ1n) is 8.76. The predicted octanol–water partition coefficient (Wildman–Crippen LogP) is 2.80. The van der Waals surface area contributed by atoms with Crippen molar-refractivity contribution < 1.29 is 14.0 Å². The number of nitrogens with one attached hydrogen (secondary N) is 1. The van der Waals surface area contributed by atoms with E-state index in [0.29, 0.717) is 38.0 Å². The van der Waals surface area contributed by atoms with E-state index in [0.717, 1.165) is 17.1 Å². The Morgan fingerprint density at radius 1 is 1.27 bits per heavy atom. The molecular formula is C19H22FN3O2S. The van der Waals surface area contributed by atoms with E-state index in [-0.39, 0.29) is 23.5 Å². The second kappa shape index (κ2) is 8.40. The highest BCUT2D eigenvalue weighted by atomic mass is 32.1. The lowest BCUT2D eigenvalue weighted by Crippen LogP contribution is -2.43. The summed E-state index contributed by atoms with van der Waals surface area (Å²) in [7, 11) is 0. The molecule has 0 aliphatic carbocycles. The average molecular weight is 375 g/mol. The van der Waals surface area contributed by atoms with Gasteiger partial charge in [0.05, 0.1) is 10.7 Å². The zero-order chi connectivity index (χ0) is 18.5. The molecule has 2 amide bonds. The fourth-order valence-corrected chi connectivity index (χ4v) is 3.75. The first-order valence-corrected chi connectivity index (χ1v) is 9.64. The lowest BCUT2D eigenvalue weighted by atomic mass is 9.95. The van der Waals surface area contributed by atoms with Crippen LogP contribution in [0.1, 0.15) is 33.9 Å². The van der Waals surface area contributed by atoms with Gasteiger partial charge in [-0.25, -0.2) is 9.37 Å². The molecule has 26 heavy (non-hydrogen) atoms. The molecule has 1 aliphatic heterocycles. The van der Waals surface area contributed by atoms with Crippen molar-refractivity contribution in [2.24, 2.45) is 5.92 Å². The van der Waals surface area contributed by atoms with Crippen LogP contribution in [0.25, 0.3) is 0 Å². The minimum atomic E-state index is -0.357. The van der Waals surface area contributed by atoms with Gasteiger partial charge in [0.25, 0.3) is 5.91 Å². The van der Waals surface area contributed by atoms with Crippen LogP contribution in [0.15, 0.2) is 29.6 Å². The van der Waals surface area contributed by atoms with Crippen molar-refractivity contribution >= 4 is 23.2 Å². The van der Waals surface area contributed by atoms with Crippen LogP contribution >= 0.6 is 11.3 Å². The van der Waals surface area contributed by atoms with Crippen LogP contribution in [0.2, 0.25) is 0 Å². The van der Waals surface area contributed by atoms with Crippen LogP contribution < -0.4 is 5.32 Å². The number of carbonyl (C=O) groups is 2. The van der Waals surface area contributed by atoms with Gasteiger partial charge in [0.15, 0.2) is 0 Å². The molecule has 3 rings (SSSR count). The number of halogens is 1. The van der Waals surface area contributed by atoms with Gasteiger partial charge in [-0.05, 0) is 44.0 Å². The molecule has 2 heterocycles. The molecule has 1 fully saturated rings. The Bertz CT molecular complexity index is 767. The van der Waals surface area contributed by atoms with Crippen LogP contribution in [0.3, 0.4) is 0 Å². The van der Waals surface area contributed by atoms with E-state index in [9.17, 15) is 14.0 Å². The Kier molecular flexibility index (Phi) is 5.98. The van der Waals surface area contributed by atoms with Crippen LogP contribution in [-0.2, 0) is 11.2 Å². The summed E-state index contributed by atoms with van der Waals surface area (Å²) in [6.45, 7) is 3.63. The number of amides is 2. The van der Waals surface area contributed by atoms with Gasteiger partial charge in [-0.1, -0.05) is 0 Å². The van der Waals surface area contributed by atoms with Crippen LogP contribution in [0, 0.1) is 18.7 Å². The molecule has 1 N–H and O–H groups in total. The molecule has 0 radical (unpaired) electrons. The lowest BCUT2D eigenvalue weighted by molar-refractivity contribution is -0.126.